The number of aromatic nitrogens is 2. The third-order valence-corrected chi connectivity index (χ3v) is 5.39. The first-order valence-electron chi connectivity index (χ1n) is 7.89. The molecule has 0 saturated carbocycles. The van der Waals surface area contributed by atoms with Crippen LogP contribution in [-0.4, -0.2) is 15.5 Å². The van der Waals surface area contributed by atoms with Crippen molar-refractivity contribution in [2.75, 3.05) is 5.32 Å². The molecule has 6 nitrogen and oxygen atoms in total. The number of nitrogens with one attached hydrogen (secondary N) is 1. The van der Waals surface area contributed by atoms with Crippen molar-refractivity contribution in [2.45, 2.75) is 46.1 Å². The molecule has 0 unspecified atom stereocenters. The summed E-state index contributed by atoms with van der Waals surface area (Å²) in [5.74, 6) is -0.319. The number of anilines is 1. The van der Waals surface area contributed by atoms with Crippen LogP contribution in [0, 0.1) is 25.2 Å². The van der Waals surface area contributed by atoms with Gasteiger partial charge in [-0.15, -0.1) is 11.3 Å². The Hall–Kier alpha value is -2.46. The van der Waals surface area contributed by atoms with Gasteiger partial charge in [0.15, 0.2) is 0 Å². The van der Waals surface area contributed by atoms with E-state index in [4.69, 9.17) is 0 Å². The van der Waals surface area contributed by atoms with E-state index in [1.165, 1.54) is 20.8 Å². The van der Waals surface area contributed by atoms with E-state index in [-0.39, 0.29) is 12.5 Å². The summed E-state index contributed by atoms with van der Waals surface area (Å²) in [6.07, 6.45) is 4.06. The lowest BCUT2D eigenvalue weighted by molar-refractivity contribution is -0.116. The highest BCUT2D eigenvalue weighted by atomic mass is 32.1. The largest absolute Gasteiger partial charge is 0.348 e. The fourth-order valence-electron chi connectivity index (χ4n) is 3.05. The Morgan fingerprint density at radius 1 is 1.42 bits per heavy atom. The van der Waals surface area contributed by atoms with Crippen LogP contribution in [-0.2, 0) is 24.2 Å². The Morgan fingerprint density at radius 2 is 2.17 bits per heavy atom. The maximum absolute atomic E-state index is 12.4. The predicted molar refractivity (Wildman–Crippen MR) is 92.3 cm³/mol. The molecule has 1 amide bonds. The van der Waals surface area contributed by atoms with Crippen LogP contribution in [0.5, 0.6) is 0 Å². The van der Waals surface area contributed by atoms with Crippen LogP contribution in [0.15, 0.2) is 10.9 Å². The molecule has 0 aliphatic heterocycles. The van der Waals surface area contributed by atoms with Crippen LogP contribution >= 0.6 is 11.3 Å². The molecule has 1 aliphatic carbocycles. The molecule has 7 heteroatoms. The van der Waals surface area contributed by atoms with Crippen molar-refractivity contribution in [3.8, 4) is 6.07 Å². The van der Waals surface area contributed by atoms with Gasteiger partial charge in [0.2, 0.25) is 5.91 Å². The smallest absolute Gasteiger partial charge is 0.315 e. The van der Waals surface area contributed by atoms with E-state index in [1.807, 2.05) is 0 Å². The molecule has 0 saturated heterocycles. The summed E-state index contributed by atoms with van der Waals surface area (Å²) < 4.78 is 1.34. The fourth-order valence-corrected chi connectivity index (χ4v) is 4.30. The average molecular weight is 342 g/mol. The van der Waals surface area contributed by atoms with Gasteiger partial charge in [0, 0.05) is 16.3 Å². The summed E-state index contributed by atoms with van der Waals surface area (Å²) in [6, 6.07) is 3.98. The number of thiophene rings is 1. The van der Waals surface area contributed by atoms with Gasteiger partial charge in [0.25, 0.3) is 0 Å². The summed E-state index contributed by atoms with van der Waals surface area (Å²) in [6.45, 7) is 3.41. The zero-order valence-electron chi connectivity index (χ0n) is 13.7. The number of hydrogen-bond donors (Lipinski definition) is 1. The highest BCUT2D eigenvalue weighted by Crippen LogP contribution is 2.37. The number of carbonyl (C=O) groups is 1. The monoisotopic (exact) mass is 342 g/mol. The van der Waals surface area contributed by atoms with E-state index in [9.17, 15) is 14.9 Å². The number of nitrogens with zero attached hydrogens (tertiary/aromatic N) is 3. The molecule has 2 heterocycles. The van der Waals surface area contributed by atoms with Gasteiger partial charge in [-0.3, -0.25) is 9.36 Å². The number of amides is 1. The lowest BCUT2D eigenvalue weighted by Crippen LogP contribution is -2.31. The van der Waals surface area contributed by atoms with Gasteiger partial charge in [-0.2, -0.15) is 10.2 Å². The number of aryl methyl sites for hydroxylation is 3. The van der Waals surface area contributed by atoms with Gasteiger partial charge < -0.3 is 5.32 Å². The molecule has 2 aromatic heterocycles. The summed E-state index contributed by atoms with van der Waals surface area (Å²) in [5.41, 5.74) is 2.54. The van der Waals surface area contributed by atoms with Crippen molar-refractivity contribution < 1.29 is 4.79 Å². The van der Waals surface area contributed by atoms with Crippen LogP contribution in [0.25, 0.3) is 0 Å². The molecule has 3 rings (SSSR count). The minimum Gasteiger partial charge on any atom is -0.315 e. The van der Waals surface area contributed by atoms with Crippen LogP contribution in [0.4, 0.5) is 5.00 Å². The van der Waals surface area contributed by atoms with Crippen molar-refractivity contribution in [3.05, 3.63) is 43.9 Å². The third-order valence-electron chi connectivity index (χ3n) is 4.18. The van der Waals surface area contributed by atoms with Crippen molar-refractivity contribution >= 4 is 22.2 Å². The maximum Gasteiger partial charge on any atom is 0.348 e. The van der Waals surface area contributed by atoms with Crippen molar-refractivity contribution in [2.24, 2.45) is 0 Å². The van der Waals surface area contributed by atoms with Gasteiger partial charge in [0.05, 0.1) is 5.56 Å². The first-order valence-corrected chi connectivity index (χ1v) is 8.71. The van der Waals surface area contributed by atoms with E-state index >= 15 is 0 Å². The van der Waals surface area contributed by atoms with Crippen LogP contribution < -0.4 is 11.0 Å². The van der Waals surface area contributed by atoms with E-state index in [1.54, 1.807) is 19.9 Å². The number of nitriles is 1. The van der Waals surface area contributed by atoms with E-state index in [0.29, 0.717) is 22.0 Å². The molecule has 124 valence electrons. The average Bonchev–Trinajstić information content (AvgIpc) is 2.87. The Balaban J connectivity index is 1.83. The lowest BCUT2D eigenvalue weighted by atomic mass is 9.96. The number of rotatable bonds is 3. The quantitative estimate of drug-likeness (QED) is 0.927. The van der Waals surface area contributed by atoms with Gasteiger partial charge in [0.1, 0.15) is 17.6 Å². The molecule has 0 atom stereocenters. The Labute approximate surface area is 143 Å². The molecule has 1 aliphatic rings. The zero-order chi connectivity index (χ0) is 17.3. The highest BCUT2D eigenvalue weighted by Gasteiger charge is 2.22. The second-order valence-corrected chi connectivity index (χ2v) is 7.09. The topological polar surface area (TPSA) is 87.8 Å². The standard InChI is InChI=1S/C17H18N4O2S/c1-10-7-11(2)21(17(23)19-10)9-15(22)20-16-13(8-18)12-5-3-4-6-14(12)24-16/h7H,3-6,9H2,1-2H3,(H,20,22). The molecule has 0 fully saturated rings. The molecule has 0 bridgehead atoms. The second-order valence-electron chi connectivity index (χ2n) is 5.98. The predicted octanol–water partition coefficient (Wildman–Crippen LogP) is 2.31. The molecular weight excluding hydrogens is 324 g/mol. The van der Waals surface area contributed by atoms with Gasteiger partial charge in [-0.05, 0) is 51.2 Å². The highest BCUT2D eigenvalue weighted by molar-refractivity contribution is 7.16. The molecule has 0 aromatic carbocycles. The molecule has 24 heavy (non-hydrogen) atoms. The molecular formula is C17H18N4O2S. The Kier molecular flexibility index (Phi) is 4.49. The summed E-state index contributed by atoms with van der Waals surface area (Å²) in [5, 5.41) is 12.8. The number of fused-ring (bicyclic) bond motifs is 1. The fraction of sp³-hybridized carbons (Fsp3) is 0.412. The summed E-state index contributed by atoms with van der Waals surface area (Å²) in [4.78, 5) is 29.4. The molecule has 2 aromatic rings. The third kappa shape index (κ3) is 3.10. The second kappa shape index (κ2) is 6.57. The Morgan fingerprint density at radius 3 is 2.88 bits per heavy atom. The minimum absolute atomic E-state index is 0.106. The molecule has 0 spiro atoms. The van der Waals surface area contributed by atoms with Crippen LogP contribution in [0.2, 0.25) is 0 Å². The van der Waals surface area contributed by atoms with Crippen LogP contribution in [0.3, 0.4) is 0 Å². The molecule has 0 radical (unpaired) electrons. The van der Waals surface area contributed by atoms with Crippen molar-refractivity contribution in [1.29, 1.82) is 5.26 Å². The number of carbonyl (C=O) groups excluding carboxylic acids is 1. The normalized spacial score (nSPS) is 13.2. The maximum atomic E-state index is 12.4. The van der Waals surface area contributed by atoms with Crippen LogP contribution in [0.1, 0.15) is 40.2 Å². The van der Waals surface area contributed by atoms with E-state index in [2.05, 4.69) is 16.4 Å². The van der Waals surface area contributed by atoms with Gasteiger partial charge in [-0.25, -0.2) is 4.79 Å². The first kappa shape index (κ1) is 16.4. The lowest BCUT2D eigenvalue weighted by Gasteiger charge is -2.10. The molecule has 1 N–H and O–H groups in total. The van der Waals surface area contributed by atoms with Gasteiger partial charge in [-0.1, -0.05) is 0 Å². The van der Waals surface area contributed by atoms with Crippen molar-refractivity contribution in [1.82, 2.24) is 9.55 Å². The summed E-state index contributed by atoms with van der Waals surface area (Å²) >= 11 is 1.48. The zero-order valence-corrected chi connectivity index (χ0v) is 14.5. The van der Waals surface area contributed by atoms with E-state index < -0.39 is 5.69 Å². The Bertz CT molecular complexity index is 905. The summed E-state index contributed by atoms with van der Waals surface area (Å²) in [7, 11) is 0. The first-order chi connectivity index (χ1) is 11.5. The number of hydrogen-bond acceptors (Lipinski definition) is 5. The van der Waals surface area contributed by atoms with Gasteiger partial charge >= 0.3 is 5.69 Å². The minimum atomic E-state index is -0.436. The van der Waals surface area contributed by atoms with E-state index in [0.717, 1.165) is 31.2 Å². The SMILES string of the molecule is Cc1cc(C)n(CC(=O)Nc2sc3c(c2C#N)CCCC3)c(=O)n1. The van der Waals surface area contributed by atoms with Crippen molar-refractivity contribution in [3.63, 3.8) is 0 Å².